The van der Waals surface area contributed by atoms with Crippen LogP contribution in [0.1, 0.15) is 37.6 Å². The second-order valence-electron chi connectivity index (χ2n) is 5.40. The van der Waals surface area contributed by atoms with Crippen molar-refractivity contribution in [3.8, 4) is 0 Å². The van der Waals surface area contributed by atoms with Crippen LogP contribution in [0.2, 0.25) is 0 Å². The van der Waals surface area contributed by atoms with Gasteiger partial charge in [0.1, 0.15) is 0 Å². The predicted molar refractivity (Wildman–Crippen MR) is 81.4 cm³/mol. The molecule has 4 heteroatoms. The van der Waals surface area contributed by atoms with Crippen molar-refractivity contribution >= 4 is 17.3 Å². The van der Waals surface area contributed by atoms with Crippen LogP contribution in [0.15, 0.2) is 18.2 Å². The van der Waals surface area contributed by atoms with E-state index < -0.39 is 0 Å². The van der Waals surface area contributed by atoms with Crippen molar-refractivity contribution in [3.63, 3.8) is 0 Å². The van der Waals surface area contributed by atoms with E-state index >= 15 is 0 Å². The van der Waals surface area contributed by atoms with E-state index in [9.17, 15) is 4.79 Å². The van der Waals surface area contributed by atoms with Crippen molar-refractivity contribution in [2.24, 2.45) is 5.92 Å². The molecule has 0 spiro atoms. The smallest absolute Gasteiger partial charge is 0.253 e. The monoisotopic (exact) mass is 263 g/mol. The lowest BCUT2D eigenvalue weighted by Gasteiger charge is -2.23. The van der Waals surface area contributed by atoms with Crippen LogP contribution in [-0.2, 0) is 0 Å². The molecule has 1 rings (SSSR count). The average molecular weight is 263 g/mol. The molecule has 0 bridgehead atoms. The molecular formula is C15H25N3O. The fourth-order valence-corrected chi connectivity index (χ4v) is 2.01. The Balaban J connectivity index is 3.00. The first-order valence-corrected chi connectivity index (χ1v) is 6.74. The summed E-state index contributed by atoms with van der Waals surface area (Å²) >= 11 is 0. The Kier molecular flexibility index (Phi) is 5.21. The number of nitrogens with zero attached hydrogens (tertiary/aromatic N) is 1. The third kappa shape index (κ3) is 3.88. The van der Waals surface area contributed by atoms with E-state index in [2.05, 4.69) is 26.1 Å². The first-order valence-electron chi connectivity index (χ1n) is 6.74. The number of rotatable bonds is 5. The molecule has 1 aromatic rings. The molecule has 0 aliphatic rings. The Hall–Kier alpha value is -1.71. The number of hydrogen-bond acceptors (Lipinski definition) is 3. The molecule has 3 N–H and O–H groups in total. The van der Waals surface area contributed by atoms with Crippen LogP contribution in [0.4, 0.5) is 11.4 Å². The van der Waals surface area contributed by atoms with Crippen LogP contribution in [0.5, 0.6) is 0 Å². The number of nitrogens with one attached hydrogen (secondary N) is 1. The molecule has 0 fully saturated rings. The molecule has 0 aromatic heterocycles. The first-order chi connectivity index (χ1) is 8.86. The number of benzene rings is 1. The quantitative estimate of drug-likeness (QED) is 0.803. The predicted octanol–water partition coefficient (Wildman–Crippen LogP) is 2.82. The van der Waals surface area contributed by atoms with Gasteiger partial charge in [0, 0.05) is 25.7 Å². The molecule has 1 unspecified atom stereocenters. The fraction of sp³-hybridized carbons (Fsp3) is 0.533. The molecule has 1 amide bonds. The van der Waals surface area contributed by atoms with E-state index in [4.69, 9.17) is 5.73 Å². The summed E-state index contributed by atoms with van der Waals surface area (Å²) in [5, 5.41) is 3.43. The Morgan fingerprint density at radius 1 is 1.37 bits per heavy atom. The van der Waals surface area contributed by atoms with Crippen LogP contribution < -0.4 is 11.1 Å². The summed E-state index contributed by atoms with van der Waals surface area (Å²) in [7, 11) is 3.49. The maximum absolute atomic E-state index is 12.0. The summed E-state index contributed by atoms with van der Waals surface area (Å²) in [4.78, 5) is 13.5. The van der Waals surface area contributed by atoms with Crippen LogP contribution in [0, 0.1) is 5.92 Å². The minimum atomic E-state index is -0.0133. The van der Waals surface area contributed by atoms with Crippen molar-refractivity contribution in [3.05, 3.63) is 23.8 Å². The van der Waals surface area contributed by atoms with E-state index in [0.717, 1.165) is 12.1 Å². The Bertz CT molecular complexity index is 441. The van der Waals surface area contributed by atoms with E-state index in [-0.39, 0.29) is 5.91 Å². The number of nitrogen functional groups attached to an aromatic ring is 1. The summed E-state index contributed by atoms with van der Waals surface area (Å²) in [6, 6.07) is 5.74. The lowest BCUT2D eigenvalue weighted by atomic mass is 10.0. The molecule has 0 aliphatic carbocycles. The van der Waals surface area contributed by atoms with Gasteiger partial charge in [0.15, 0.2) is 0 Å². The maximum atomic E-state index is 12.0. The first kappa shape index (κ1) is 15.3. The highest BCUT2D eigenvalue weighted by Gasteiger charge is 2.14. The van der Waals surface area contributed by atoms with Gasteiger partial charge in [-0.25, -0.2) is 0 Å². The van der Waals surface area contributed by atoms with Crippen LogP contribution >= 0.6 is 0 Å². The second-order valence-corrected chi connectivity index (χ2v) is 5.40. The molecule has 0 radical (unpaired) electrons. The zero-order valence-electron chi connectivity index (χ0n) is 12.5. The van der Waals surface area contributed by atoms with Gasteiger partial charge in [-0.3, -0.25) is 4.79 Å². The number of nitrogens with two attached hydrogens (primary N) is 1. The minimum Gasteiger partial charge on any atom is -0.397 e. The van der Waals surface area contributed by atoms with Crippen molar-refractivity contribution in [1.82, 2.24) is 4.90 Å². The van der Waals surface area contributed by atoms with Crippen molar-refractivity contribution < 1.29 is 4.79 Å². The second kappa shape index (κ2) is 6.45. The van der Waals surface area contributed by atoms with E-state index in [1.54, 1.807) is 31.1 Å². The molecule has 1 aromatic carbocycles. The summed E-state index contributed by atoms with van der Waals surface area (Å²) in [5.74, 6) is 0.498. The number of amides is 1. The molecule has 1 atom stereocenters. The molecule has 106 valence electrons. The Morgan fingerprint density at radius 3 is 2.47 bits per heavy atom. The highest BCUT2D eigenvalue weighted by atomic mass is 16.2. The van der Waals surface area contributed by atoms with Crippen molar-refractivity contribution in [2.45, 2.75) is 33.2 Å². The maximum Gasteiger partial charge on any atom is 0.253 e. The number of carbonyl (C=O) groups is 1. The molecular weight excluding hydrogens is 238 g/mol. The normalized spacial score (nSPS) is 12.3. The molecule has 0 heterocycles. The van der Waals surface area contributed by atoms with Crippen LogP contribution in [-0.4, -0.2) is 30.9 Å². The zero-order chi connectivity index (χ0) is 14.6. The highest BCUT2D eigenvalue weighted by molar-refractivity contribution is 5.95. The third-order valence-corrected chi connectivity index (χ3v) is 3.29. The van der Waals surface area contributed by atoms with Gasteiger partial charge in [-0.2, -0.15) is 0 Å². The molecule has 19 heavy (non-hydrogen) atoms. The summed E-state index contributed by atoms with van der Waals surface area (Å²) < 4.78 is 0. The Morgan fingerprint density at radius 2 is 2.00 bits per heavy atom. The molecule has 0 saturated carbocycles. The van der Waals surface area contributed by atoms with Crippen molar-refractivity contribution in [2.75, 3.05) is 25.1 Å². The topological polar surface area (TPSA) is 58.4 Å². The Labute approximate surface area is 116 Å². The fourth-order valence-electron chi connectivity index (χ4n) is 2.01. The standard InChI is InChI=1S/C15H25N3O/c1-6-13(10(2)3)17-14-9-11(7-8-12(14)16)15(19)18(4)5/h7-10,13,17H,6,16H2,1-5H3. The number of hydrogen-bond donors (Lipinski definition) is 2. The van der Waals surface area contributed by atoms with Gasteiger partial charge in [0.05, 0.1) is 11.4 Å². The average Bonchev–Trinajstić information content (AvgIpc) is 2.36. The summed E-state index contributed by atoms with van der Waals surface area (Å²) in [6.07, 6.45) is 1.02. The van der Waals surface area contributed by atoms with E-state index in [0.29, 0.717) is 23.2 Å². The number of anilines is 2. The minimum absolute atomic E-state index is 0.0133. The summed E-state index contributed by atoms with van der Waals surface area (Å²) in [5.41, 5.74) is 8.15. The van der Waals surface area contributed by atoms with Crippen molar-refractivity contribution in [1.29, 1.82) is 0 Å². The van der Waals surface area contributed by atoms with Gasteiger partial charge in [-0.05, 0) is 30.5 Å². The summed E-state index contributed by atoms with van der Waals surface area (Å²) in [6.45, 7) is 6.49. The number of carbonyl (C=O) groups excluding carboxylic acids is 1. The van der Waals surface area contributed by atoms with Gasteiger partial charge in [0.25, 0.3) is 5.91 Å². The lowest BCUT2D eigenvalue weighted by Crippen LogP contribution is -2.26. The van der Waals surface area contributed by atoms with Gasteiger partial charge in [0.2, 0.25) is 0 Å². The molecule has 0 saturated heterocycles. The zero-order valence-corrected chi connectivity index (χ0v) is 12.5. The third-order valence-electron chi connectivity index (χ3n) is 3.29. The van der Waals surface area contributed by atoms with Gasteiger partial charge in [-0.1, -0.05) is 20.8 Å². The van der Waals surface area contributed by atoms with Crippen LogP contribution in [0.25, 0.3) is 0 Å². The largest absolute Gasteiger partial charge is 0.397 e. The lowest BCUT2D eigenvalue weighted by molar-refractivity contribution is 0.0827. The van der Waals surface area contributed by atoms with Gasteiger partial charge < -0.3 is 16.0 Å². The SMILES string of the molecule is CCC(Nc1cc(C(=O)N(C)C)ccc1N)C(C)C. The van der Waals surface area contributed by atoms with Gasteiger partial charge in [-0.15, -0.1) is 0 Å². The highest BCUT2D eigenvalue weighted by Crippen LogP contribution is 2.23. The van der Waals surface area contributed by atoms with E-state index in [1.165, 1.54) is 0 Å². The van der Waals surface area contributed by atoms with Gasteiger partial charge >= 0.3 is 0 Å². The molecule has 0 aliphatic heterocycles. The van der Waals surface area contributed by atoms with E-state index in [1.807, 2.05) is 6.07 Å². The van der Waals surface area contributed by atoms with Crippen LogP contribution in [0.3, 0.4) is 0 Å². The molecule has 4 nitrogen and oxygen atoms in total.